The zero-order chi connectivity index (χ0) is 61.3. The summed E-state index contributed by atoms with van der Waals surface area (Å²) in [6, 6.07) is 3.41. The van der Waals surface area contributed by atoms with Crippen LogP contribution in [0.4, 0.5) is 0 Å². The lowest BCUT2D eigenvalue weighted by molar-refractivity contribution is -0.396. The van der Waals surface area contributed by atoms with Crippen LogP contribution in [0.1, 0.15) is 0 Å². The number of rotatable bonds is 9. The molecule has 0 unspecified atom stereocenters. The van der Waals surface area contributed by atoms with Crippen molar-refractivity contribution >= 4 is 24.4 Å². The molecule has 84 heavy (non-hydrogen) atoms. The largest absolute Gasteiger partial charge is 0.394 e. The van der Waals surface area contributed by atoms with Crippen LogP contribution >= 0.6 is 24.4 Å². The van der Waals surface area contributed by atoms with Crippen molar-refractivity contribution in [1.82, 2.24) is 0 Å². The second-order valence-electron chi connectivity index (χ2n) is 20.7. The number of aliphatic hydroxyl groups excluding tert-OH is 20. The zero-order valence-electron chi connectivity index (χ0n) is 43.6. The third-order valence-electron chi connectivity index (χ3n) is 15.4. The quantitative estimate of drug-likeness (QED) is 0.0753. The Hall–Kier alpha value is -1.94. The lowest BCUT2D eigenvalue weighted by Gasteiger charge is -2.50. The summed E-state index contributed by atoms with van der Waals surface area (Å²) in [5, 5.41) is 242. The molecule has 0 aromatic heterocycles. The minimum atomic E-state index is -2.26. The molecular weight excluding hydrogens is 1190 g/mol. The number of hydrogen-bond acceptors (Lipinski definition) is 38. The van der Waals surface area contributed by atoms with Gasteiger partial charge in [-0.3, -0.25) is 0 Å². The summed E-state index contributed by atoms with van der Waals surface area (Å²) in [6.07, 6.45) is -71.3. The smallest absolute Gasteiger partial charge is 0.187 e. The van der Waals surface area contributed by atoms with Crippen molar-refractivity contribution < 1.29 is 168 Å². The summed E-state index contributed by atoms with van der Waals surface area (Å²) >= 11 is 4.58. The van der Waals surface area contributed by atoms with Crippen LogP contribution in [-0.4, -0.2) is 362 Å². The first-order valence-electron chi connectivity index (χ1n) is 26.2. The monoisotopic (exact) mass is 1260 g/mol. The summed E-state index contributed by atoms with van der Waals surface area (Å²) in [7, 11) is 0. The molecule has 0 amide bonds. The van der Waals surface area contributed by atoms with Gasteiger partial charge < -0.3 is 168 Å². The molecule has 21 aliphatic rings. The van der Waals surface area contributed by atoms with Crippen molar-refractivity contribution in [3.63, 3.8) is 0 Å². The van der Waals surface area contributed by atoms with Gasteiger partial charge in [0, 0.05) is 5.75 Å². The van der Waals surface area contributed by atoms with Crippen LogP contribution in [0.15, 0.2) is 9.81 Å². The van der Waals surface area contributed by atoms with E-state index in [2.05, 4.69) is 12.6 Å². The Morgan fingerprint density at radius 1 is 0.286 bits per heavy atom. The van der Waals surface area contributed by atoms with Gasteiger partial charge in [-0.1, -0.05) is 0 Å². The average molecular weight is 1260 g/mol. The van der Waals surface area contributed by atoms with Crippen LogP contribution in [0, 0.1) is 22.7 Å². The van der Waals surface area contributed by atoms with Gasteiger partial charge in [-0.15, -0.1) is 24.4 Å². The standard InChI is InChI=1S/C46H70N2O34S2/c47-1-17(83)18(2-48)84-9-16-39-25(61)32(68)46(75-16)81-38-15(8-54)73-44(30(66)23(38)59)79-36-13(6-52)71-42(28(64)21(36)57)77-34-11(4-50)69-40(26(62)19(34)55)76-33-10(3-49)70-41(27(63)20(33)56)78-35-12(5-51)72-43(29(65)22(35)58)80-37-14(7-53)74-45(82-39)31(67)24(37)60/h10-16,19-46,49-68,83H,3-9H2/b18-17+/t10-,11-,12-,13-,14-,15-,16-,19-,20-,21-,22-,23-,24-,25-,26-,27-,28-,29-,30-,31-,32-,33-,34-,35-,36-,37-,38-,39-,40-,41-,42-,43-,44-,45-,46-/m1/s1. The minimum absolute atomic E-state index is 0.309. The van der Waals surface area contributed by atoms with Crippen molar-refractivity contribution in [1.29, 1.82) is 10.5 Å². The first-order chi connectivity index (χ1) is 40.0. The summed E-state index contributed by atoms with van der Waals surface area (Å²) in [4.78, 5) is -0.690. The Bertz CT molecular complexity index is 2230. The maximum atomic E-state index is 11.7. The third-order valence-corrected chi connectivity index (χ3v) is 17.0. The lowest BCUT2D eigenvalue weighted by Crippen LogP contribution is -2.68. The van der Waals surface area contributed by atoms with E-state index in [4.69, 9.17) is 66.3 Å². The fourth-order valence-electron chi connectivity index (χ4n) is 10.8. The van der Waals surface area contributed by atoms with Crippen LogP contribution in [0.5, 0.6) is 0 Å². The van der Waals surface area contributed by atoms with Gasteiger partial charge in [-0.2, -0.15) is 10.5 Å². The number of allylic oxidation sites excluding steroid dienone is 2. The van der Waals surface area contributed by atoms with E-state index in [1.165, 1.54) is 0 Å². The highest BCUT2D eigenvalue weighted by Gasteiger charge is 2.59. The molecule has 21 fully saturated rings. The maximum Gasteiger partial charge on any atom is 0.187 e. The highest BCUT2D eigenvalue weighted by Crippen LogP contribution is 2.40. The fourth-order valence-corrected chi connectivity index (χ4v) is 11.9. The molecule has 21 saturated heterocycles. The fraction of sp³-hybridized carbons (Fsp3) is 0.913. The molecule has 0 aliphatic carbocycles. The molecule has 36 nitrogen and oxygen atoms in total. The van der Waals surface area contributed by atoms with E-state index in [0.717, 1.165) is 0 Å². The van der Waals surface area contributed by atoms with Crippen LogP contribution < -0.4 is 0 Å². The molecule has 0 radical (unpaired) electrons. The Balaban J connectivity index is 1.11. The average Bonchev–Trinajstić information content (AvgIpc) is 2.07. The predicted octanol–water partition coefficient (Wildman–Crippen LogP) is -13.3. The van der Waals surface area contributed by atoms with Crippen LogP contribution in [0.25, 0.3) is 0 Å². The third kappa shape index (κ3) is 13.7. The van der Waals surface area contributed by atoms with E-state index >= 15 is 0 Å². The molecule has 0 aromatic rings. The van der Waals surface area contributed by atoms with Crippen LogP contribution in [-0.2, 0) is 66.3 Å². The normalized spacial score (nSPS) is 51.9. The topological polar surface area (TPSA) is 581 Å². The zero-order valence-corrected chi connectivity index (χ0v) is 45.3. The number of nitriles is 2. The van der Waals surface area contributed by atoms with Crippen molar-refractivity contribution in [3.05, 3.63) is 9.81 Å². The van der Waals surface area contributed by atoms with Crippen molar-refractivity contribution in [2.45, 2.75) is 215 Å². The molecule has 14 bridgehead atoms. The summed E-state index contributed by atoms with van der Waals surface area (Å²) in [6.45, 7) is -6.43. The van der Waals surface area contributed by atoms with Gasteiger partial charge in [0.05, 0.1) is 45.7 Å². The Kier molecular flexibility index (Phi) is 23.7. The highest BCUT2D eigenvalue weighted by atomic mass is 32.2. The molecule has 0 aromatic carbocycles. The van der Waals surface area contributed by atoms with Gasteiger partial charge in [0.25, 0.3) is 0 Å². The first kappa shape index (κ1) is 68.0. The molecule has 20 N–H and O–H groups in total. The van der Waals surface area contributed by atoms with Crippen LogP contribution in [0.2, 0.25) is 0 Å². The second kappa shape index (κ2) is 29.3. The number of hydrogen-bond donors (Lipinski definition) is 21. The summed E-state index contributed by atoms with van der Waals surface area (Å²) in [5.74, 6) is -0.510. The molecule has 38 heteroatoms. The van der Waals surface area contributed by atoms with Gasteiger partial charge in [0.1, 0.15) is 187 Å². The predicted molar refractivity (Wildman–Crippen MR) is 261 cm³/mol. The van der Waals surface area contributed by atoms with Gasteiger partial charge in [-0.25, -0.2) is 0 Å². The lowest BCUT2D eigenvalue weighted by atomic mass is 9.95. The van der Waals surface area contributed by atoms with Gasteiger partial charge in [-0.05, 0) is 0 Å². The van der Waals surface area contributed by atoms with Crippen molar-refractivity contribution in [2.75, 3.05) is 45.4 Å². The van der Waals surface area contributed by atoms with E-state index in [0.29, 0.717) is 11.8 Å². The van der Waals surface area contributed by atoms with E-state index in [1.807, 2.05) is 0 Å². The van der Waals surface area contributed by atoms with Gasteiger partial charge in [0.15, 0.2) is 44.0 Å². The van der Waals surface area contributed by atoms with Crippen molar-refractivity contribution in [2.24, 2.45) is 0 Å². The Morgan fingerprint density at radius 3 is 0.631 bits per heavy atom. The van der Waals surface area contributed by atoms with Crippen molar-refractivity contribution in [3.8, 4) is 12.1 Å². The Labute approximate surface area is 484 Å². The Morgan fingerprint density at radius 2 is 0.464 bits per heavy atom. The van der Waals surface area contributed by atoms with E-state index in [-0.39, 0.29) is 9.81 Å². The number of ether oxygens (including phenoxy) is 14. The molecule has 480 valence electrons. The molecule has 21 rings (SSSR count). The maximum absolute atomic E-state index is 11.7. The molecule has 0 spiro atoms. The van der Waals surface area contributed by atoms with Gasteiger partial charge >= 0.3 is 0 Å². The minimum Gasteiger partial charge on any atom is -0.394 e. The van der Waals surface area contributed by atoms with E-state index in [9.17, 15) is 113 Å². The summed E-state index contributed by atoms with van der Waals surface area (Å²) < 4.78 is 80.6. The first-order valence-corrected chi connectivity index (χ1v) is 27.6. The highest BCUT2D eigenvalue weighted by molar-refractivity contribution is 8.04. The number of thiol groups is 1. The molecule has 21 heterocycles. The number of thioether (sulfide) groups is 1. The van der Waals surface area contributed by atoms with E-state index < -0.39 is 260 Å². The van der Waals surface area contributed by atoms with Crippen LogP contribution in [0.3, 0.4) is 0 Å². The molecule has 0 saturated carbocycles. The molecule has 21 aliphatic heterocycles. The number of aliphatic hydroxyl groups is 20. The SMILES string of the molecule is N#C/C(S)=C(/C#N)SC[C@H]1O[C@@H]2O[C@H]3[C@H](O)[C@@H](O)[C@@H](O[C@H]4[C@H](O)[C@@H](O)[C@@H](O[C@H]5[C@H](O)[C@@H](O)[C@@H](O[C@H]6[C@H](O)[C@@H](O)[C@@H](O[C@H]7[C@H](O)[C@@H](O)[C@@H](O[C@H]8[C@H](O)[C@@H](O)[C@@H](O[C@H]1[C@H](O)[C@H]2O)O[C@@H]8CO)O[C@@H]7CO)O[C@@H]6CO)O[C@@H]5CO)O[C@@H]4CO)O[C@@H]3CO. The second-order valence-corrected chi connectivity index (χ2v) is 22.2. The molecule has 35 atom stereocenters. The van der Waals surface area contributed by atoms with E-state index in [1.54, 1.807) is 12.1 Å². The summed E-state index contributed by atoms with van der Waals surface area (Å²) in [5.41, 5.74) is 0. The van der Waals surface area contributed by atoms with Gasteiger partial charge in [0.2, 0.25) is 0 Å². The molecular formula is C46H70N2O34S2. The number of nitrogens with zero attached hydrogens (tertiary/aromatic N) is 2.